The van der Waals surface area contributed by atoms with Crippen molar-refractivity contribution in [1.29, 1.82) is 0 Å². The Bertz CT molecular complexity index is 538. The van der Waals surface area contributed by atoms with E-state index in [0.717, 1.165) is 31.0 Å². The van der Waals surface area contributed by atoms with Crippen molar-refractivity contribution in [1.82, 2.24) is 15.0 Å². The van der Waals surface area contributed by atoms with E-state index >= 15 is 0 Å². The van der Waals surface area contributed by atoms with Crippen molar-refractivity contribution in [2.45, 2.75) is 45.2 Å². The smallest absolute Gasteiger partial charge is 0.133 e. The Kier molecular flexibility index (Phi) is 4.11. The lowest BCUT2D eigenvalue weighted by Gasteiger charge is -2.28. The number of aromatic nitrogens is 2. The van der Waals surface area contributed by atoms with E-state index in [1.165, 1.54) is 24.8 Å². The van der Waals surface area contributed by atoms with Gasteiger partial charge in [0, 0.05) is 25.0 Å². The van der Waals surface area contributed by atoms with E-state index in [2.05, 4.69) is 27.2 Å². The molecule has 106 valence electrons. The number of rotatable bonds is 3. The lowest BCUT2D eigenvalue weighted by molar-refractivity contribution is 0.183. The van der Waals surface area contributed by atoms with Gasteiger partial charge in [0.05, 0.1) is 6.04 Å². The van der Waals surface area contributed by atoms with Gasteiger partial charge in [0.25, 0.3) is 0 Å². The molecule has 3 heterocycles. The second-order valence-electron chi connectivity index (χ2n) is 5.56. The summed E-state index contributed by atoms with van der Waals surface area (Å²) >= 11 is 0. The first-order valence-electron chi connectivity index (χ1n) is 7.39. The predicted octanol–water partition coefficient (Wildman–Crippen LogP) is 3.50. The summed E-state index contributed by atoms with van der Waals surface area (Å²) in [4.78, 5) is 6.73. The third-order valence-corrected chi connectivity index (χ3v) is 3.96. The molecule has 0 unspecified atom stereocenters. The molecule has 0 bridgehead atoms. The van der Waals surface area contributed by atoms with Crippen molar-refractivity contribution in [3.05, 3.63) is 47.6 Å². The van der Waals surface area contributed by atoms with Gasteiger partial charge in [-0.2, -0.15) is 0 Å². The molecule has 4 nitrogen and oxygen atoms in total. The van der Waals surface area contributed by atoms with Crippen LogP contribution in [0.15, 0.2) is 35.1 Å². The molecule has 0 spiro atoms. The van der Waals surface area contributed by atoms with E-state index in [-0.39, 0.29) is 0 Å². The summed E-state index contributed by atoms with van der Waals surface area (Å²) in [5, 5.41) is 4.24. The molecule has 2 aromatic rings. The number of pyridine rings is 1. The molecule has 0 aliphatic carbocycles. The average molecular weight is 271 g/mol. The summed E-state index contributed by atoms with van der Waals surface area (Å²) in [6.45, 7) is 4.01. The summed E-state index contributed by atoms with van der Waals surface area (Å²) in [5.41, 5.74) is 2.34. The number of nitrogens with zero attached hydrogens (tertiary/aromatic N) is 3. The Labute approximate surface area is 119 Å². The summed E-state index contributed by atoms with van der Waals surface area (Å²) in [6.07, 6.45) is 8.76. The molecule has 0 aromatic carbocycles. The van der Waals surface area contributed by atoms with Gasteiger partial charge in [-0.15, -0.1) is 0 Å². The lowest BCUT2D eigenvalue weighted by Crippen LogP contribution is -2.28. The highest BCUT2D eigenvalue weighted by Crippen LogP contribution is 2.30. The van der Waals surface area contributed by atoms with E-state index in [1.54, 1.807) is 0 Å². The zero-order chi connectivity index (χ0) is 13.8. The monoisotopic (exact) mass is 271 g/mol. The minimum absolute atomic E-state index is 0.371. The fraction of sp³-hybridized carbons (Fsp3) is 0.500. The van der Waals surface area contributed by atoms with Gasteiger partial charge in [0.1, 0.15) is 11.5 Å². The fourth-order valence-corrected chi connectivity index (χ4v) is 2.96. The molecule has 1 fully saturated rings. The maximum atomic E-state index is 5.27. The second-order valence-corrected chi connectivity index (χ2v) is 5.56. The van der Waals surface area contributed by atoms with Crippen LogP contribution in [0.25, 0.3) is 0 Å². The predicted molar refractivity (Wildman–Crippen MR) is 77.1 cm³/mol. The average Bonchev–Trinajstić information content (AvgIpc) is 2.76. The van der Waals surface area contributed by atoms with Gasteiger partial charge in [-0.3, -0.25) is 9.88 Å². The minimum atomic E-state index is 0.371. The maximum absolute atomic E-state index is 5.27. The van der Waals surface area contributed by atoms with Gasteiger partial charge < -0.3 is 4.52 Å². The molecule has 0 amide bonds. The largest absolute Gasteiger partial charge is 0.361 e. The van der Waals surface area contributed by atoms with Gasteiger partial charge in [-0.05, 0) is 37.9 Å². The van der Waals surface area contributed by atoms with Gasteiger partial charge in [-0.1, -0.05) is 24.1 Å². The van der Waals surface area contributed by atoms with E-state index in [0.29, 0.717) is 6.04 Å². The van der Waals surface area contributed by atoms with Crippen molar-refractivity contribution < 1.29 is 4.52 Å². The standard InChI is InChI=1S/C16H21N3O/c1-13-10-15(18-20-13)16-7-3-2-4-9-19(16)12-14-6-5-8-17-11-14/h5-6,8,10-11,16H,2-4,7,9,12H2,1H3/t16-/m0/s1. The first-order chi connectivity index (χ1) is 9.83. The highest BCUT2D eigenvalue weighted by molar-refractivity contribution is 5.12. The number of hydrogen-bond donors (Lipinski definition) is 0. The molecule has 20 heavy (non-hydrogen) atoms. The molecular formula is C16H21N3O. The molecule has 0 saturated carbocycles. The highest BCUT2D eigenvalue weighted by atomic mass is 16.5. The van der Waals surface area contributed by atoms with Crippen molar-refractivity contribution in [2.24, 2.45) is 0 Å². The van der Waals surface area contributed by atoms with Crippen molar-refractivity contribution in [3.63, 3.8) is 0 Å². The first kappa shape index (κ1) is 13.3. The van der Waals surface area contributed by atoms with Gasteiger partial charge in [0.2, 0.25) is 0 Å². The Balaban J connectivity index is 1.80. The quantitative estimate of drug-likeness (QED) is 0.857. The summed E-state index contributed by atoms with van der Waals surface area (Å²) in [7, 11) is 0. The Hall–Kier alpha value is -1.68. The summed E-state index contributed by atoms with van der Waals surface area (Å²) in [6, 6.07) is 6.59. The van der Waals surface area contributed by atoms with Crippen LogP contribution in [-0.4, -0.2) is 21.6 Å². The molecular weight excluding hydrogens is 250 g/mol. The first-order valence-corrected chi connectivity index (χ1v) is 7.39. The van der Waals surface area contributed by atoms with E-state index in [9.17, 15) is 0 Å². The van der Waals surface area contributed by atoms with Crippen LogP contribution in [0.5, 0.6) is 0 Å². The Morgan fingerprint density at radius 3 is 3.05 bits per heavy atom. The summed E-state index contributed by atoms with van der Waals surface area (Å²) < 4.78 is 5.27. The molecule has 1 saturated heterocycles. The maximum Gasteiger partial charge on any atom is 0.133 e. The molecule has 0 N–H and O–H groups in total. The van der Waals surface area contributed by atoms with Crippen LogP contribution in [0, 0.1) is 6.92 Å². The normalized spacial score (nSPS) is 20.8. The van der Waals surface area contributed by atoms with Crippen LogP contribution < -0.4 is 0 Å². The molecule has 2 aromatic heterocycles. The van der Waals surface area contributed by atoms with Crippen LogP contribution in [0.3, 0.4) is 0 Å². The summed E-state index contributed by atoms with van der Waals surface area (Å²) in [5.74, 6) is 0.894. The van der Waals surface area contributed by atoms with Crippen LogP contribution in [-0.2, 0) is 6.54 Å². The van der Waals surface area contributed by atoms with Crippen LogP contribution >= 0.6 is 0 Å². The highest BCUT2D eigenvalue weighted by Gasteiger charge is 2.25. The SMILES string of the molecule is Cc1cc([C@@H]2CCCCCN2Cc2cccnc2)no1. The Morgan fingerprint density at radius 1 is 1.35 bits per heavy atom. The van der Waals surface area contributed by atoms with Crippen molar-refractivity contribution >= 4 is 0 Å². The third-order valence-electron chi connectivity index (χ3n) is 3.96. The number of likely N-dealkylation sites (tertiary alicyclic amines) is 1. The molecule has 0 radical (unpaired) electrons. The van der Waals surface area contributed by atoms with Crippen LogP contribution in [0.4, 0.5) is 0 Å². The van der Waals surface area contributed by atoms with Crippen LogP contribution in [0.1, 0.15) is 48.7 Å². The molecule has 1 aliphatic rings. The van der Waals surface area contributed by atoms with Crippen LogP contribution in [0.2, 0.25) is 0 Å². The molecule has 4 heteroatoms. The van der Waals surface area contributed by atoms with E-state index < -0.39 is 0 Å². The molecule has 1 atom stereocenters. The fourth-order valence-electron chi connectivity index (χ4n) is 2.96. The number of hydrogen-bond acceptors (Lipinski definition) is 4. The van der Waals surface area contributed by atoms with Crippen molar-refractivity contribution in [2.75, 3.05) is 6.54 Å². The zero-order valence-corrected chi connectivity index (χ0v) is 12.0. The van der Waals surface area contributed by atoms with Gasteiger partial charge >= 0.3 is 0 Å². The zero-order valence-electron chi connectivity index (χ0n) is 12.0. The van der Waals surface area contributed by atoms with Crippen molar-refractivity contribution in [3.8, 4) is 0 Å². The van der Waals surface area contributed by atoms with E-state index in [4.69, 9.17) is 4.52 Å². The lowest BCUT2D eigenvalue weighted by atomic mass is 10.1. The van der Waals surface area contributed by atoms with Gasteiger partial charge in [-0.25, -0.2) is 0 Å². The third kappa shape index (κ3) is 3.07. The molecule has 1 aliphatic heterocycles. The number of aryl methyl sites for hydroxylation is 1. The topological polar surface area (TPSA) is 42.2 Å². The minimum Gasteiger partial charge on any atom is -0.361 e. The van der Waals surface area contributed by atoms with Gasteiger partial charge in [0.15, 0.2) is 0 Å². The Morgan fingerprint density at radius 2 is 2.30 bits per heavy atom. The second kappa shape index (κ2) is 6.18. The molecule has 3 rings (SSSR count). The van der Waals surface area contributed by atoms with E-state index in [1.807, 2.05) is 25.4 Å².